The van der Waals surface area contributed by atoms with E-state index in [1.54, 1.807) is 17.0 Å². The maximum absolute atomic E-state index is 13.4. The largest absolute Gasteiger partial charge is 0.394 e. The van der Waals surface area contributed by atoms with Crippen molar-refractivity contribution in [1.29, 1.82) is 0 Å². The maximum Gasteiger partial charge on any atom is 0.274 e. The zero-order valence-corrected chi connectivity index (χ0v) is 16.7. The van der Waals surface area contributed by atoms with E-state index in [-0.39, 0.29) is 24.4 Å². The molecule has 0 radical (unpaired) electrons. The molecule has 2 heterocycles. The highest BCUT2D eigenvalue weighted by atomic mass is 32.1. The fourth-order valence-electron chi connectivity index (χ4n) is 3.59. The van der Waals surface area contributed by atoms with Crippen LogP contribution >= 0.6 is 11.3 Å². The van der Waals surface area contributed by atoms with Crippen molar-refractivity contribution in [3.05, 3.63) is 40.8 Å². The number of hydrogen-bond acceptors (Lipinski definition) is 5. The summed E-state index contributed by atoms with van der Waals surface area (Å²) in [6.07, 6.45) is 1.46. The van der Waals surface area contributed by atoms with Gasteiger partial charge in [0.2, 0.25) is 0 Å². The van der Waals surface area contributed by atoms with E-state index in [1.165, 1.54) is 23.5 Å². The Morgan fingerprint density at radius 2 is 2.15 bits per heavy atom. The van der Waals surface area contributed by atoms with Crippen LogP contribution in [0.3, 0.4) is 0 Å². The monoisotopic (exact) mass is 392 g/mol. The number of amides is 1. The average Bonchev–Trinajstić information content (AvgIpc) is 3.03. The molecule has 146 valence electrons. The molecule has 0 spiro atoms. The number of carbonyl (C=O) groups excluding carboxylic acids is 1. The van der Waals surface area contributed by atoms with Crippen LogP contribution in [-0.2, 0) is 4.74 Å². The molecule has 2 atom stereocenters. The van der Waals surface area contributed by atoms with Crippen LogP contribution in [0.4, 0.5) is 4.39 Å². The van der Waals surface area contributed by atoms with Gasteiger partial charge in [0.1, 0.15) is 11.5 Å². The molecule has 1 aromatic carbocycles. The van der Waals surface area contributed by atoms with E-state index in [9.17, 15) is 14.3 Å². The quantitative estimate of drug-likeness (QED) is 0.844. The highest BCUT2D eigenvalue weighted by molar-refractivity contribution is 7.15. The fraction of sp³-hybridized carbons (Fsp3) is 0.500. The average molecular weight is 392 g/mol. The summed E-state index contributed by atoms with van der Waals surface area (Å²) in [6.45, 7) is 6.66. The molecule has 5 nitrogen and oxygen atoms in total. The Morgan fingerprint density at radius 1 is 1.44 bits per heavy atom. The summed E-state index contributed by atoms with van der Waals surface area (Å²) < 4.78 is 19.2. The molecular weight excluding hydrogens is 367 g/mol. The number of aryl methyl sites for hydroxylation is 1. The lowest BCUT2D eigenvalue weighted by atomic mass is 9.89. The number of halogens is 1. The molecule has 1 amide bonds. The van der Waals surface area contributed by atoms with Crippen LogP contribution < -0.4 is 0 Å². The number of thiazole rings is 1. The lowest BCUT2D eigenvalue weighted by molar-refractivity contribution is -0.0838. The predicted octanol–water partition coefficient (Wildman–Crippen LogP) is 3.65. The Labute approximate surface area is 162 Å². The molecule has 1 aromatic heterocycles. The summed E-state index contributed by atoms with van der Waals surface area (Å²) in [7, 11) is 0. The first-order valence-electron chi connectivity index (χ1n) is 9.16. The number of aromatic nitrogens is 1. The number of hydrogen-bond donors (Lipinski definition) is 1. The second-order valence-electron chi connectivity index (χ2n) is 7.11. The minimum Gasteiger partial charge on any atom is -0.394 e. The Kier molecular flexibility index (Phi) is 5.93. The minimum atomic E-state index is -0.433. The normalized spacial score (nSPS) is 22.9. The van der Waals surface area contributed by atoms with Crippen LogP contribution in [0.1, 0.15) is 42.2 Å². The summed E-state index contributed by atoms with van der Waals surface area (Å²) in [4.78, 5) is 20.2. The molecule has 27 heavy (non-hydrogen) atoms. The van der Waals surface area contributed by atoms with Gasteiger partial charge in [-0.25, -0.2) is 9.37 Å². The number of rotatable bonds is 5. The highest BCUT2D eigenvalue weighted by Crippen LogP contribution is 2.34. The molecule has 1 fully saturated rings. The van der Waals surface area contributed by atoms with Gasteiger partial charge in [-0.3, -0.25) is 4.79 Å². The standard InChI is InChI=1S/C20H25FN2O3S/c1-4-26-20(3)10-9-16(11-24)23(12-20)19(25)17-18(27-13(2)22-17)14-5-7-15(21)8-6-14/h5-8,16,24H,4,9-12H2,1-3H3. The van der Waals surface area contributed by atoms with Crippen molar-refractivity contribution in [3.8, 4) is 10.4 Å². The van der Waals surface area contributed by atoms with E-state index in [4.69, 9.17) is 4.74 Å². The van der Waals surface area contributed by atoms with Crippen molar-refractivity contribution >= 4 is 17.2 Å². The summed E-state index contributed by atoms with van der Waals surface area (Å²) in [5.41, 5.74) is 0.677. The van der Waals surface area contributed by atoms with E-state index in [2.05, 4.69) is 4.98 Å². The first-order valence-corrected chi connectivity index (χ1v) is 9.97. The first-order chi connectivity index (χ1) is 12.9. The molecule has 2 unspecified atom stereocenters. The van der Waals surface area contributed by atoms with Gasteiger partial charge < -0.3 is 14.7 Å². The van der Waals surface area contributed by atoms with Crippen LogP contribution in [0, 0.1) is 12.7 Å². The zero-order chi connectivity index (χ0) is 19.6. The molecule has 1 N–H and O–H groups in total. The first kappa shape index (κ1) is 19.9. The summed E-state index contributed by atoms with van der Waals surface area (Å²) in [5.74, 6) is -0.542. The number of likely N-dealkylation sites (tertiary alicyclic amines) is 1. The third kappa shape index (κ3) is 4.20. The highest BCUT2D eigenvalue weighted by Gasteiger charge is 2.40. The molecule has 0 bridgehead atoms. The number of aliphatic hydroxyl groups is 1. The molecule has 2 aromatic rings. The van der Waals surface area contributed by atoms with Gasteiger partial charge in [-0.1, -0.05) is 12.1 Å². The second kappa shape index (κ2) is 8.04. The van der Waals surface area contributed by atoms with E-state index >= 15 is 0 Å². The van der Waals surface area contributed by atoms with Gasteiger partial charge in [0.15, 0.2) is 0 Å². The Hall–Kier alpha value is -1.83. The second-order valence-corrected chi connectivity index (χ2v) is 8.31. The number of carbonyl (C=O) groups is 1. The van der Waals surface area contributed by atoms with Crippen LogP contribution in [0.25, 0.3) is 10.4 Å². The molecular formula is C20H25FN2O3S. The van der Waals surface area contributed by atoms with Crippen molar-refractivity contribution in [2.45, 2.75) is 45.3 Å². The molecule has 1 aliphatic heterocycles. The van der Waals surface area contributed by atoms with Gasteiger partial charge in [-0.2, -0.15) is 0 Å². The van der Waals surface area contributed by atoms with Gasteiger partial charge in [0.25, 0.3) is 5.91 Å². The topological polar surface area (TPSA) is 62.7 Å². The van der Waals surface area contributed by atoms with E-state index in [0.717, 1.165) is 21.9 Å². The number of ether oxygens (including phenoxy) is 1. The van der Waals surface area contributed by atoms with Gasteiger partial charge >= 0.3 is 0 Å². The molecule has 1 aliphatic rings. The van der Waals surface area contributed by atoms with Crippen LogP contribution in [-0.4, -0.2) is 52.3 Å². The van der Waals surface area contributed by atoms with E-state index in [0.29, 0.717) is 25.3 Å². The van der Waals surface area contributed by atoms with Crippen molar-refractivity contribution in [2.24, 2.45) is 0 Å². The third-order valence-corrected chi connectivity index (χ3v) is 5.98. The summed E-state index contributed by atoms with van der Waals surface area (Å²) in [5, 5.41) is 10.6. The Bertz CT molecular complexity index is 808. The lowest BCUT2D eigenvalue weighted by Crippen LogP contribution is -2.56. The summed E-state index contributed by atoms with van der Waals surface area (Å²) in [6, 6.07) is 5.81. The van der Waals surface area contributed by atoms with E-state index < -0.39 is 5.60 Å². The van der Waals surface area contributed by atoms with Gasteiger partial charge in [-0.05, 0) is 51.3 Å². The number of nitrogens with zero attached hydrogens (tertiary/aromatic N) is 2. The smallest absolute Gasteiger partial charge is 0.274 e. The van der Waals surface area contributed by atoms with Crippen LogP contribution in [0.2, 0.25) is 0 Å². The van der Waals surface area contributed by atoms with Gasteiger partial charge in [0.05, 0.1) is 34.7 Å². The number of piperidine rings is 1. The molecule has 1 saturated heterocycles. The van der Waals surface area contributed by atoms with E-state index in [1.807, 2.05) is 20.8 Å². The summed E-state index contributed by atoms with van der Waals surface area (Å²) >= 11 is 1.41. The Balaban J connectivity index is 1.95. The maximum atomic E-state index is 13.4. The van der Waals surface area contributed by atoms with Crippen molar-refractivity contribution in [1.82, 2.24) is 9.88 Å². The number of benzene rings is 1. The van der Waals surface area contributed by atoms with Gasteiger partial charge in [0, 0.05) is 6.61 Å². The number of aliphatic hydroxyl groups excluding tert-OH is 1. The molecule has 0 aliphatic carbocycles. The molecule has 0 saturated carbocycles. The van der Waals surface area contributed by atoms with Crippen LogP contribution in [0.15, 0.2) is 24.3 Å². The SMILES string of the molecule is CCOC1(C)CCC(CO)N(C(=O)c2nc(C)sc2-c2ccc(F)cc2)C1. The van der Waals surface area contributed by atoms with Crippen molar-refractivity contribution in [3.63, 3.8) is 0 Å². The lowest BCUT2D eigenvalue weighted by Gasteiger charge is -2.44. The molecule has 3 rings (SSSR count). The fourth-order valence-corrected chi connectivity index (χ4v) is 4.51. The molecule has 7 heteroatoms. The minimum absolute atomic E-state index is 0.0943. The Morgan fingerprint density at radius 3 is 2.78 bits per heavy atom. The third-order valence-electron chi connectivity index (χ3n) is 4.96. The predicted molar refractivity (Wildman–Crippen MR) is 103 cm³/mol. The van der Waals surface area contributed by atoms with Crippen LogP contribution in [0.5, 0.6) is 0 Å². The van der Waals surface area contributed by atoms with Gasteiger partial charge in [-0.15, -0.1) is 11.3 Å². The van der Waals surface area contributed by atoms with Crippen molar-refractivity contribution < 1.29 is 19.0 Å². The van der Waals surface area contributed by atoms with Crippen molar-refractivity contribution in [2.75, 3.05) is 19.8 Å². The zero-order valence-electron chi connectivity index (χ0n) is 15.9.